The molecule has 0 aromatic heterocycles. The smallest absolute Gasteiger partial charge is 0.462 e. The van der Waals surface area contributed by atoms with E-state index >= 15 is 0 Å². The zero-order chi connectivity index (χ0) is 42.3. The molecule has 0 aromatic rings. The lowest BCUT2D eigenvalue weighted by Gasteiger charge is -2.21. The molecule has 0 spiro atoms. The lowest BCUT2D eigenvalue weighted by molar-refractivity contribution is -0.161. The Hall–Kier alpha value is -2.00. The zero-order valence-electron chi connectivity index (χ0n) is 34.6. The summed E-state index contributed by atoms with van der Waals surface area (Å²) in [5, 5.41) is 49.6. The van der Waals surface area contributed by atoms with E-state index in [1.165, 1.54) is 25.7 Å². The molecule has 15 heteroatoms. The number of esters is 2. The van der Waals surface area contributed by atoms with Gasteiger partial charge < -0.3 is 39.9 Å². The highest BCUT2D eigenvalue weighted by Gasteiger charge is 2.41. The summed E-state index contributed by atoms with van der Waals surface area (Å²) in [4.78, 5) is 48.0. The van der Waals surface area contributed by atoms with E-state index in [9.17, 15) is 44.3 Å². The van der Waals surface area contributed by atoms with E-state index in [1.54, 1.807) is 12.2 Å². The lowest BCUT2D eigenvalue weighted by Crippen LogP contribution is -2.30. The Morgan fingerprint density at radius 3 is 2.00 bits per heavy atom. The number of ketones is 1. The van der Waals surface area contributed by atoms with E-state index in [2.05, 4.69) is 30.5 Å². The minimum absolute atomic E-state index is 0.0456. The maximum Gasteiger partial charge on any atom is 0.472 e. The Bertz CT molecular complexity index is 1180. The van der Waals surface area contributed by atoms with Crippen molar-refractivity contribution in [2.24, 2.45) is 11.8 Å². The Morgan fingerprint density at radius 1 is 0.737 bits per heavy atom. The first-order chi connectivity index (χ1) is 27.3. The first kappa shape index (κ1) is 53.0. The maximum absolute atomic E-state index is 12.8. The zero-order valence-corrected chi connectivity index (χ0v) is 35.5. The molecule has 1 rings (SSSR count). The third-order valence-electron chi connectivity index (χ3n) is 10.1. The minimum Gasteiger partial charge on any atom is -0.462 e. The number of hydrogen-bond donors (Lipinski definition) is 6. The Labute approximate surface area is 341 Å². The number of aliphatic hydroxyl groups excluding tert-OH is 5. The summed E-state index contributed by atoms with van der Waals surface area (Å²) in [5.74, 6) is -2.30. The molecule has 0 aliphatic heterocycles. The number of aliphatic hydroxyl groups is 5. The summed E-state index contributed by atoms with van der Waals surface area (Å²) in [6.07, 6.45) is 19.2. The highest BCUT2D eigenvalue weighted by atomic mass is 31.2. The van der Waals surface area contributed by atoms with Crippen LogP contribution in [0.4, 0.5) is 0 Å². The van der Waals surface area contributed by atoms with Crippen LogP contribution < -0.4 is 0 Å². The molecule has 0 bridgehead atoms. The Balaban J connectivity index is 2.53. The molecule has 1 saturated carbocycles. The predicted octanol–water partition coefficient (Wildman–Crippen LogP) is 6.56. The van der Waals surface area contributed by atoms with Crippen LogP contribution in [-0.4, -0.2) is 105 Å². The molecule has 1 aliphatic rings. The second-order valence-corrected chi connectivity index (χ2v) is 16.8. The number of Topliss-reactive ketones (excluding diaryl/α,β-unsaturated/α-hetero) is 1. The number of ether oxygens (including phenoxy) is 2. The van der Waals surface area contributed by atoms with E-state index in [1.807, 2.05) is 0 Å². The summed E-state index contributed by atoms with van der Waals surface area (Å²) in [5.41, 5.74) is 0. The summed E-state index contributed by atoms with van der Waals surface area (Å²) < 4.78 is 32.5. The molecule has 6 N–H and O–H groups in total. The lowest BCUT2D eigenvalue weighted by atomic mass is 9.87. The van der Waals surface area contributed by atoms with Crippen molar-refractivity contribution in [1.29, 1.82) is 0 Å². The van der Waals surface area contributed by atoms with Gasteiger partial charge in [0.25, 0.3) is 0 Å². The Morgan fingerprint density at radius 2 is 1.32 bits per heavy atom. The van der Waals surface area contributed by atoms with Crippen LogP contribution >= 0.6 is 7.82 Å². The summed E-state index contributed by atoms with van der Waals surface area (Å²) >= 11 is 0. The van der Waals surface area contributed by atoms with Crippen molar-refractivity contribution in [2.45, 2.75) is 186 Å². The number of rotatable bonds is 36. The molecule has 14 nitrogen and oxygen atoms in total. The van der Waals surface area contributed by atoms with Crippen LogP contribution in [0.25, 0.3) is 0 Å². The van der Waals surface area contributed by atoms with Crippen molar-refractivity contribution in [3.8, 4) is 0 Å². The fourth-order valence-electron chi connectivity index (χ4n) is 6.63. The van der Waals surface area contributed by atoms with E-state index < -0.39 is 88.5 Å². The number of carbonyl (C=O) groups excluding carboxylic acids is 3. The van der Waals surface area contributed by atoms with Crippen LogP contribution in [0.5, 0.6) is 0 Å². The summed E-state index contributed by atoms with van der Waals surface area (Å²) in [6, 6.07) is 0. The van der Waals surface area contributed by atoms with Gasteiger partial charge in [0.15, 0.2) is 6.10 Å². The second-order valence-electron chi connectivity index (χ2n) is 15.3. The molecular weight excluding hydrogens is 759 g/mol. The van der Waals surface area contributed by atoms with Gasteiger partial charge in [-0.25, -0.2) is 4.57 Å². The van der Waals surface area contributed by atoms with Gasteiger partial charge in [-0.15, -0.1) is 0 Å². The predicted molar refractivity (Wildman–Crippen MR) is 217 cm³/mol. The number of phosphoric acid groups is 1. The third kappa shape index (κ3) is 27.4. The van der Waals surface area contributed by atoms with E-state index in [0.29, 0.717) is 19.3 Å². The third-order valence-corrected chi connectivity index (χ3v) is 11.0. The van der Waals surface area contributed by atoms with Crippen LogP contribution in [0.2, 0.25) is 0 Å². The van der Waals surface area contributed by atoms with Gasteiger partial charge in [-0.2, -0.15) is 0 Å². The van der Waals surface area contributed by atoms with Crippen molar-refractivity contribution in [3.05, 3.63) is 24.3 Å². The fraction of sp³-hybridized carbons (Fsp3) is 0.833. The molecule has 1 fully saturated rings. The van der Waals surface area contributed by atoms with Crippen molar-refractivity contribution >= 4 is 25.5 Å². The standard InChI is InChI=1S/C42H75O14P/c1-3-5-7-8-9-10-11-12-13-14-15-16-18-23-41(49)53-31-36(32-55-57(51,52)54-30-35(46)29-43)56-42(50)24-20-19-22-34(45)27-38-37(39(47)28-40(38)48)26-25-33(44)21-17-6-4-2/h10-11,25-26,33,35-40,43-44,46-48H,3-9,12-24,27-32H2,1-2H3,(H,51,52)/b11-10-,26-25+/t33-,35-,36+,37+,38+,39+,40-/m0/s1. The molecule has 0 heterocycles. The van der Waals surface area contributed by atoms with Gasteiger partial charge in [-0.1, -0.05) is 95.9 Å². The van der Waals surface area contributed by atoms with Crippen LogP contribution in [0.15, 0.2) is 24.3 Å². The van der Waals surface area contributed by atoms with Gasteiger partial charge in [0.1, 0.15) is 18.5 Å². The van der Waals surface area contributed by atoms with Crippen molar-refractivity contribution < 1.29 is 67.9 Å². The molecule has 1 aliphatic carbocycles. The van der Waals surface area contributed by atoms with Crippen LogP contribution in [0.1, 0.15) is 155 Å². The number of carbonyl (C=O) groups is 3. The average molecular weight is 835 g/mol. The first-order valence-electron chi connectivity index (χ1n) is 21.5. The highest BCUT2D eigenvalue weighted by Crippen LogP contribution is 2.43. The van der Waals surface area contributed by atoms with Crippen molar-refractivity contribution in [1.82, 2.24) is 0 Å². The van der Waals surface area contributed by atoms with Gasteiger partial charge in [-0.05, 0) is 51.4 Å². The van der Waals surface area contributed by atoms with Gasteiger partial charge in [0.2, 0.25) is 0 Å². The summed E-state index contributed by atoms with van der Waals surface area (Å²) in [7, 11) is -4.72. The topological polar surface area (TPSA) is 227 Å². The van der Waals surface area contributed by atoms with E-state index in [-0.39, 0.29) is 44.3 Å². The van der Waals surface area contributed by atoms with E-state index in [4.69, 9.17) is 19.1 Å². The molecule has 1 unspecified atom stereocenters. The minimum atomic E-state index is -4.72. The molecule has 0 saturated heterocycles. The maximum atomic E-state index is 12.8. The quantitative estimate of drug-likeness (QED) is 0.0170. The molecule has 8 atom stereocenters. The monoisotopic (exact) mass is 834 g/mol. The number of hydrogen-bond acceptors (Lipinski definition) is 13. The van der Waals surface area contributed by atoms with E-state index in [0.717, 1.165) is 57.8 Å². The normalized spacial score (nSPS) is 21.1. The van der Waals surface area contributed by atoms with Gasteiger partial charge in [-0.3, -0.25) is 23.4 Å². The fourth-order valence-corrected chi connectivity index (χ4v) is 7.42. The molecule has 332 valence electrons. The first-order valence-corrected chi connectivity index (χ1v) is 23.0. The second kappa shape index (κ2) is 32.8. The SMILES string of the molecule is CCCCCC/C=C\CCCCCCCC(=O)OC[C@H](COP(=O)(O)OC[C@@H](O)CO)OC(=O)CCCCC(=O)C[C@@H]1[C@@H](/C=C/[C@@H](O)CCCCC)[C@H](O)C[C@@H]1O. The largest absolute Gasteiger partial charge is 0.472 e. The average Bonchev–Trinajstić information content (AvgIpc) is 3.44. The van der Waals surface area contributed by atoms with Gasteiger partial charge in [0, 0.05) is 43.9 Å². The molecular formula is C42H75O14P. The number of unbranched alkanes of at least 4 members (excludes halogenated alkanes) is 12. The molecule has 0 radical (unpaired) electrons. The number of phosphoric ester groups is 1. The van der Waals surface area contributed by atoms with Crippen LogP contribution in [0, 0.1) is 11.8 Å². The van der Waals surface area contributed by atoms with Gasteiger partial charge >= 0.3 is 19.8 Å². The Kier molecular flexibility index (Phi) is 30.5. The van der Waals surface area contributed by atoms with Crippen LogP contribution in [-0.2, 0) is 37.5 Å². The molecule has 57 heavy (non-hydrogen) atoms. The number of allylic oxidation sites excluding steroid dienone is 2. The van der Waals surface area contributed by atoms with Crippen LogP contribution in [0.3, 0.4) is 0 Å². The van der Waals surface area contributed by atoms with Crippen molar-refractivity contribution in [3.63, 3.8) is 0 Å². The van der Waals surface area contributed by atoms with Crippen molar-refractivity contribution in [2.75, 3.05) is 26.4 Å². The highest BCUT2D eigenvalue weighted by molar-refractivity contribution is 7.47. The molecule has 0 aromatic carbocycles. The summed E-state index contributed by atoms with van der Waals surface area (Å²) in [6.45, 7) is 1.80. The van der Waals surface area contributed by atoms with Gasteiger partial charge in [0.05, 0.1) is 38.1 Å². The molecule has 0 amide bonds.